The van der Waals surface area contributed by atoms with Gasteiger partial charge in [-0.25, -0.2) is 0 Å². The maximum absolute atomic E-state index is 12.4. The van der Waals surface area contributed by atoms with Crippen LogP contribution in [0.25, 0.3) is 0 Å². The van der Waals surface area contributed by atoms with Crippen LogP contribution in [0.4, 0.5) is 0 Å². The van der Waals surface area contributed by atoms with Crippen LogP contribution in [0.5, 0.6) is 0 Å². The van der Waals surface area contributed by atoms with Crippen molar-refractivity contribution < 1.29 is 26.6 Å². The van der Waals surface area contributed by atoms with Gasteiger partial charge >= 0.3 is 17.1 Å². The van der Waals surface area contributed by atoms with E-state index in [0.717, 1.165) is 19.3 Å². The van der Waals surface area contributed by atoms with Crippen molar-refractivity contribution in [3.8, 4) is 0 Å². The Balaban J connectivity index is 0.000000448. The predicted molar refractivity (Wildman–Crippen MR) is 97.7 cm³/mol. The fourth-order valence-electron chi connectivity index (χ4n) is 3.63. The summed E-state index contributed by atoms with van der Waals surface area (Å²) in [6.07, 6.45) is 26.1. The van der Waals surface area contributed by atoms with E-state index in [-0.39, 0.29) is 28.9 Å². The van der Waals surface area contributed by atoms with E-state index in [0.29, 0.717) is 11.7 Å². The molecule has 0 unspecified atom stereocenters. The monoisotopic (exact) mass is 380 g/mol. The van der Waals surface area contributed by atoms with Crippen LogP contribution >= 0.6 is 0 Å². The Morgan fingerprint density at radius 2 is 1.72 bits per heavy atom. The molecule has 3 heteroatoms. The Morgan fingerprint density at radius 1 is 1.12 bits per heavy atom. The molecule has 0 aliphatic heterocycles. The van der Waals surface area contributed by atoms with Crippen LogP contribution in [-0.4, -0.2) is 12.9 Å². The van der Waals surface area contributed by atoms with Gasteiger partial charge < -0.3 is 4.74 Å². The minimum Gasteiger partial charge on any atom is -0.505 e. The molecule has 25 heavy (non-hydrogen) atoms. The third kappa shape index (κ3) is 7.10. The molecular formula is C22H28FeO2+2. The number of carbonyl (C=O) groups excluding carboxylic acids is 1. The number of allylic oxidation sites excluding steroid dienone is 1. The Morgan fingerprint density at radius 3 is 2.24 bits per heavy atom. The SMILES string of the molecule is CC[C@H]1CCCC(=O)[C@@H]1[C@@H](/C=C\OC)[C]1[CH][CH][CH][CH]1.[CH]1[CH][CH][CH][CH]1.[Fe+2]. The van der Waals surface area contributed by atoms with Gasteiger partial charge in [0.1, 0.15) is 5.78 Å². The van der Waals surface area contributed by atoms with Crippen molar-refractivity contribution in [3.63, 3.8) is 0 Å². The molecule has 2 nitrogen and oxygen atoms in total. The van der Waals surface area contributed by atoms with Gasteiger partial charge in [0.2, 0.25) is 0 Å². The molecule has 0 aromatic heterocycles. The zero-order valence-electron chi connectivity index (χ0n) is 15.1. The predicted octanol–water partition coefficient (Wildman–Crippen LogP) is 4.58. The average molecular weight is 380 g/mol. The van der Waals surface area contributed by atoms with Crippen molar-refractivity contribution in [3.05, 3.63) is 76.0 Å². The minimum absolute atomic E-state index is 0. The average Bonchev–Trinajstić information content (AvgIpc) is 3.32. The molecule has 10 radical (unpaired) electrons. The van der Waals surface area contributed by atoms with E-state index < -0.39 is 0 Å². The normalized spacial score (nSPS) is 28.3. The van der Waals surface area contributed by atoms with Gasteiger partial charge in [-0.3, -0.25) is 4.79 Å². The number of hydrogen-bond acceptors (Lipinski definition) is 2. The topological polar surface area (TPSA) is 26.3 Å². The molecule has 134 valence electrons. The maximum Gasteiger partial charge on any atom is 2.00 e. The van der Waals surface area contributed by atoms with Gasteiger partial charge in [-0.15, -0.1) is 0 Å². The van der Waals surface area contributed by atoms with E-state index in [9.17, 15) is 4.79 Å². The fourth-order valence-corrected chi connectivity index (χ4v) is 3.63. The molecule has 0 aromatic rings. The Bertz CT molecular complexity index is 376. The summed E-state index contributed by atoms with van der Waals surface area (Å²) in [5.74, 6) is 2.43. The first-order valence-electron chi connectivity index (χ1n) is 8.88. The van der Waals surface area contributed by atoms with Gasteiger partial charge in [0.25, 0.3) is 0 Å². The van der Waals surface area contributed by atoms with Gasteiger partial charge in [0, 0.05) is 12.3 Å². The number of hydrogen-bond donors (Lipinski definition) is 0. The van der Waals surface area contributed by atoms with Crippen LogP contribution in [0.3, 0.4) is 0 Å². The third-order valence-electron chi connectivity index (χ3n) is 4.84. The van der Waals surface area contributed by atoms with Crippen LogP contribution in [0.15, 0.2) is 12.3 Å². The first kappa shape index (κ1) is 22.8. The molecular weight excluding hydrogens is 352 g/mol. The van der Waals surface area contributed by atoms with Crippen LogP contribution in [0.2, 0.25) is 0 Å². The molecule has 3 fully saturated rings. The molecule has 0 spiro atoms. The standard InChI is InChI=1S/C17H23O2.C5H5.Fe/c1-3-13-9-6-10-16(18)17(13)15(11-12-19-2)14-7-4-5-8-14;1-2-4-5-3-1;/h4-5,7-8,11-13,15,17H,3,6,9-10H2,1-2H3;1-5H;/q;;+2/b12-11-;;/t13-,15-,17-;;/m0../s1. The largest absolute Gasteiger partial charge is 2.00 e. The summed E-state index contributed by atoms with van der Waals surface area (Å²) in [5.41, 5.74) is 0. The minimum atomic E-state index is 0. The van der Waals surface area contributed by atoms with Crippen molar-refractivity contribution >= 4 is 5.78 Å². The zero-order valence-corrected chi connectivity index (χ0v) is 16.2. The number of ketones is 1. The fraction of sp³-hybridized carbons (Fsp3) is 0.409. The molecule has 3 atom stereocenters. The van der Waals surface area contributed by atoms with E-state index in [1.807, 2.05) is 51.0 Å². The Labute approximate surface area is 166 Å². The second kappa shape index (κ2) is 13.0. The summed E-state index contributed by atoms with van der Waals surface area (Å²) < 4.78 is 5.07. The summed E-state index contributed by atoms with van der Waals surface area (Å²) in [6.45, 7) is 2.19. The Kier molecular flexibility index (Phi) is 11.8. The molecule has 0 amide bonds. The number of ether oxygens (including phenoxy) is 1. The molecule has 0 saturated heterocycles. The van der Waals surface area contributed by atoms with Crippen molar-refractivity contribution in [1.29, 1.82) is 0 Å². The quantitative estimate of drug-likeness (QED) is 0.516. The van der Waals surface area contributed by atoms with Crippen LogP contribution in [-0.2, 0) is 26.6 Å². The molecule has 0 N–H and O–H groups in total. The molecule has 3 rings (SSSR count). The van der Waals surface area contributed by atoms with Crippen LogP contribution in [0.1, 0.15) is 32.6 Å². The summed E-state index contributed by atoms with van der Waals surface area (Å²) in [6, 6.07) is 0. The number of methoxy groups -OCH3 is 1. The summed E-state index contributed by atoms with van der Waals surface area (Å²) >= 11 is 0. The van der Waals surface area contributed by atoms with E-state index in [2.05, 4.69) is 19.8 Å². The van der Waals surface area contributed by atoms with E-state index >= 15 is 0 Å². The first-order valence-corrected chi connectivity index (χ1v) is 8.88. The number of carbonyl (C=O) groups is 1. The van der Waals surface area contributed by atoms with Gasteiger partial charge in [0.05, 0.1) is 13.4 Å². The zero-order chi connectivity index (χ0) is 17.2. The number of rotatable bonds is 5. The number of Topliss-reactive ketones (excluding diaryl/α,β-unsaturated/α-hetero) is 1. The molecule has 3 saturated carbocycles. The second-order valence-corrected chi connectivity index (χ2v) is 6.32. The summed E-state index contributed by atoms with van der Waals surface area (Å²) in [4.78, 5) is 12.4. The van der Waals surface area contributed by atoms with E-state index in [1.165, 1.54) is 12.3 Å². The molecule has 0 aromatic carbocycles. The maximum atomic E-state index is 12.4. The van der Waals surface area contributed by atoms with Gasteiger partial charge in [-0.1, -0.05) is 13.3 Å². The molecule has 0 bridgehead atoms. The first-order chi connectivity index (χ1) is 11.8. The van der Waals surface area contributed by atoms with Gasteiger partial charge in [-0.05, 0) is 94.5 Å². The van der Waals surface area contributed by atoms with Crippen molar-refractivity contribution in [2.45, 2.75) is 32.6 Å². The Hall–Kier alpha value is -0.271. The summed E-state index contributed by atoms with van der Waals surface area (Å²) in [7, 11) is 1.65. The summed E-state index contributed by atoms with van der Waals surface area (Å²) in [5, 5.41) is 0. The van der Waals surface area contributed by atoms with Crippen molar-refractivity contribution in [2.24, 2.45) is 17.8 Å². The molecule has 0 heterocycles. The van der Waals surface area contributed by atoms with Crippen LogP contribution in [0, 0.1) is 81.5 Å². The molecule has 3 aliphatic rings. The van der Waals surface area contributed by atoms with Crippen molar-refractivity contribution in [2.75, 3.05) is 7.11 Å². The second-order valence-electron chi connectivity index (χ2n) is 6.32. The third-order valence-corrected chi connectivity index (χ3v) is 4.84. The van der Waals surface area contributed by atoms with Crippen LogP contribution < -0.4 is 0 Å². The van der Waals surface area contributed by atoms with E-state index in [1.54, 1.807) is 13.4 Å². The van der Waals surface area contributed by atoms with Crippen molar-refractivity contribution in [1.82, 2.24) is 0 Å². The van der Waals surface area contributed by atoms with Gasteiger partial charge in [-0.2, -0.15) is 0 Å². The smallest absolute Gasteiger partial charge is 0.505 e. The van der Waals surface area contributed by atoms with Gasteiger partial charge in [0.15, 0.2) is 0 Å². The molecule has 3 aliphatic carbocycles. The van der Waals surface area contributed by atoms with E-state index in [4.69, 9.17) is 4.74 Å².